The first-order chi connectivity index (χ1) is 12.1. The summed E-state index contributed by atoms with van der Waals surface area (Å²) >= 11 is 0. The van der Waals surface area contributed by atoms with Gasteiger partial charge in [-0.05, 0) is 49.7 Å². The lowest BCUT2D eigenvalue weighted by molar-refractivity contribution is -0.116. The van der Waals surface area contributed by atoms with Gasteiger partial charge in [0.25, 0.3) is 5.91 Å². The van der Waals surface area contributed by atoms with Crippen molar-refractivity contribution in [1.82, 2.24) is 0 Å². The zero-order chi connectivity index (χ0) is 18.1. The molecule has 4 heteroatoms. The van der Waals surface area contributed by atoms with Crippen LogP contribution in [0.3, 0.4) is 0 Å². The van der Waals surface area contributed by atoms with Gasteiger partial charge in [0.2, 0.25) is 5.91 Å². The average Bonchev–Trinajstić information content (AvgIpc) is 2.60. The smallest absolute Gasteiger partial charge is 0.255 e. The van der Waals surface area contributed by atoms with Crippen LogP contribution in [0, 0.1) is 6.92 Å². The van der Waals surface area contributed by atoms with E-state index in [0.717, 1.165) is 30.5 Å². The van der Waals surface area contributed by atoms with E-state index in [0.29, 0.717) is 17.7 Å². The van der Waals surface area contributed by atoms with Gasteiger partial charge in [-0.3, -0.25) is 9.59 Å². The summed E-state index contributed by atoms with van der Waals surface area (Å²) in [7, 11) is 0. The Balaban J connectivity index is 1.85. The average molecular weight is 338 g/mol. The molecule has 0 saturated carbocycles. The number of unbranched alkanes of at least 4 members (excludes halogenated alkanes) is 3. The molecule has 0 spiro atoms. The summed E-state index contributed by atoms with van der Waals surface area (Å²) in [4.78, 5) is 24.1. The lowest BCUT2D eigenvalue weighted by Gasteiger charge is -2.08. The Bertz CT molecular complexity index is 708. The molecule has 25 heavy (non-hydrogen) atoms. The molecule has 0 unspecified atom stereocenters. The Morgan fingerprint density at radius 1 is 0.880 bits per heavy atom. The van der Waals surface area contributed by atoms with Gasteiger partial charge in [-0.15, -0.1) is 0 Å². The first kappa shape index (κ1) is 18.7. The van der Waals surface area contributed by atoms with Crippen LogP contribution < -0.4 is 10.6 Å². The van der Waals surface area contributed by atoms with Crippen molar-refractivity contribution in [2.24, 2.45) is 0 Å². The van der Waals surface area contributed by atoms with Gasteiger partial charge in [0, 0.05) is 23.4 Å². The molecule has 0 aliphatic carbocycles. The second-order valence-corrected chi connectivity index (χ2v) is 6.26. The summed E-state index contributed by atoms with van der Waals surface area (Å²) in [5, 5.41) is 5.75. The maximum absolute atomic E-state index is 12.2. The molecule has 0 atom stereocenters. The monoisotopic (exact) mass is 338 g/mol. The standard InChI is InChI=1S/C21H26N2O2/c1-3-4-5-6-10-20(24)22-18-11-13-19(14-12-18)23-21(25)17-9-7-8-16(2)15-17/h7-9,11-15H,3-6,10H2,1-2H3,(H,22,24)(H,23,25). The van der Waals surface area contributed by atoms with Crippen molar-refractivity contribution in [1.29, 1.82) is 0 Å². The first-order valence-electron chi connectivity index (χ1n) is 8.86. The van der Waals surface area contributed by atoms with Crippen LogP contribution in [0.1, 0.15) is 54.9 Å². The maximum Gasteiger partial charge on any atom is 0.255 e. The number of aryl methyl sites for hydroxylation is 1. The Morgan fingerprint density at radius 2 is 1.56 bits per heavy atom. The van der Waals surface area contributed by atoms with Crippen LogP contribution in [0.15, 0.2) is 48.5 Å². The summed E-state index contributed by atoms with van der Waals surface area (Å²) in [6, 6.07) is 14.6. The van der Waals surface area contributed by atoms with Crippen molar-refractivity contribution in [2.45, 2.75) is 46.0 Å². The van der Waals surface area contributed by atoms with E-state index in [1.807, 2.05) is 25.1 Å². The van der Waals surface area contributed by atoms with Gasteiger partial charge in [-0.1, -0.05) is 43.9 Å². The topological polar surface area (TPSA) is 58.2 Å². The molecule has 2 rings (SSSR count). The van der Waals surface area contributed by atoms with Crippen LogP contribution in [0.2, 0.25) is 0 Å². The molecule has 2 N–H and O–H groups in total. The fourth-order valence-electron chi connectivity index (χ4n) is 2.56. The van der Waals surface area contributed by atoms with Crippen LogP contribution in [0.5, 0.6) is 0 Å². The molecule has 2 amide bonds. The summed E-state index contributed by atoms with van der Waals surface area (Å²) in [6.07, 6.45) is 4.89. The molecule has 2 aromatic rings. The van der Waals surface area contributed by atoms with Crippen molar-refractivity contribution in [2.75, 3.05) is 10.6 Å². The molecule has 132 valence electrons. The quantitative estimate of drug-likeness (QED) is 0.653. The summed E-state index contributed by atoms with van der Waals surface area (Å²) in [6.45, 7) is 4.11. The summed E-state index contributed by atoms with van der Waals surface area (Å²) < 4.78 is 0. The van der Waals surface area contributed by atoms with Gasteiger partial charge in [-0.25, -0.2) is 0 Å². The Hall–Kier alpha value is -2.62. The second kappa shape index (κ2) is 9.62. The van der Waals surface area contributed by atoms with Crippen LogP contribution in [-0.4, -0.2) is 11.8 Å². The third-order valence-electron chi connectivity index (χ3n) is 3.96. The highest BCUT2D eigenvalue weighted by molar-refractivity contribution is 6.04. The third-order valence-corrected chi connectivity index (χ3v) is 3.96. The molecule has 0 saturated heterocycles. The van der Waals surface area contributed by atoms with E-state index in [2.05, 4.69) is 17.6 Å². The fourth-order valence-corrected chi connectivity index (χ4v) is 2.56. The fraction of sp³-hybridized carbons (Fsp3) is 0.333. The molecular weight excluding hydrogens is 312 g/mol. The predicted molar refractivity (Wildman–Crippen MR) is 103 cm³/mol. The van der Waals surface area contributed by atoms with Crippen molar-refractivity contribution >= 4 is 23.2 Å². The molecule has 0 aliphatic heterocycles. The number of carbonyl (C=O) groups is 2. The van der Waals surface area contributed by atoms with Crippen LogP contribution >= 0.6 is 0 Å². The summed E-state index contributed by atoms with van der Waals surface area (Å²) in [5.74, 6) is -0.107. The van der Waals surface area contributed by atoms with E-state index in [-0.39, 0.29) is 11.8 Å². The Labute approximate surface area is 149 Å². The van der Waals surface area contributed by atoms with E-state index in [9.17, 15) is 9.59 Å². The van der Waals surface area contributed by atoms with E-state index >= 15 is 0 Å². The zero-order valence-corrected chi connectivity index (χ0v) is 15.0. The van der Waals surface area contributed by atoms with Gasteiger partial charge in [0.05, 0.1) is 0 Å². The van der Waals surface area contributed by atoms with E-state index in [1.165, 1.54) is 6.42 Å². The normalized spacial score (nSPS) is 10.3. The highest BCUT2D eigenvalue weighted by Gasteiger charge is 2.07. The molecule has 0 heterocycles. The lowest BCUT2D eigenvalue weighted by atomic mass is 10.1. The molecular formula is C21H26N2O2. The minimum atomic E-state index is -0.142. The minimum Gasteiger partial charge on any atom is -0.326 e. The third kappa shape index (κ3) is 6.42. The number of hydrogen-bond acceptors (Lipinski definition) is 2. The van der Waals surface area contributed by atoms with Gasteiger partial charge in [0.1, 0.15) is 0 Å². The van der Waals surface area contributed by atoms with Gasteiger partial charge in [-0.2, -0.15) is 0 Å². The lowest BCUT2D eigenvalue weighted by Crippen LogP contribution is -2.13. The van der Waals surface area contributed by atoms with E-state index in [4.69, 9.17) is 0 Å². The molecule has 4 nitrogen and oxygen atoms in total. The second-order valence-electron chi connectivity index (χ2n) is 6.26. The van der Waals surface area contributed by atoms with Crippen molar-refractivity contribution in [3.05, 3.63) is 59.7 Å². The van der Waals surface area contributed by atoms with Gasteiger partial charge < -0.3 is 10.6 Å². The van der Waals surface area contributed by atoms with Crippen molar-refractivity contribution in [3.63, 3.8) is 0 Å². The molecule has 0 aromatic heterocycles. The van der Waals surface area contributed by atoms with E-state index < -0.39 is 0 Å². The van der Waals surface area contributed by atoms with Crippen molar-refractivity contribution in [3.8, 4) is 0 Å². The molecule has 0 fully saturated rings. The number of anilines is 2. The Kier molecular flexibility index (Phi) is 7.20. The molecule has 0 aliphatic rings. The van der Waals surface area contributed by atoms with Gasteiger partial charge in [0.15, 0.2) is 0 Å². The largest absolute Gasteiger partial charge is 0.326 e. The highest BCUT2D eigenvalue weighted by Crippen LogP contribution is 2.16. The molecule has 0 radical (unpaired) electrons. The van der Waals surface area contributed by atoms with Crippen molar-refractivity contribution < 1.29 is 9.59 Å². The number of amides is 2. The highest BCUT2D eigenvalue weighted by atomic mass is 16.2. The van der Waals surface area contributed by atoms with Crippen LogP contribution in [0.25, 0.3) is 0 Å². The molecule has 2 aromatic carbocycles. The van der Waals surface area contributed by atoms with Crippen LogP contribution in [-0.2, 0) is 4.79 Å². The predicted octanol–water partition coefficient (Wildman–Crippen LogP) is 5.16. The number of carbonyl (C=O) groups excluding carboxylic acids is 2. The number of rotatable bonds is 8. The maximum atomic E-state index is 12.2. The van der Waals surface area contributed by atoms with Gasteiger partial charge >= 0.3 is 0 Å². The first-order valence-corrected chi connectivity index (χ1v) is 8.86. The number of benzene rings is 2. The zero-order valence-electron chi connectivity index (χ0n) is 15.0. The Morgan fingerprint density at radius 3 is 2.20 bits per heavy atom. The van der Waals surface area contributed by atoms with Crippen LogP contribution in [0.4, 0.5) is 11.4 Å². The number of nitrogens with one attached hydrogen (secondary N) is 2. The molecule has 0 bridgehead atoms. The SMILES string of the molecule is CCCCCCC(=O)Nc1ccc(NC(=O)c2cccc(C)c2)cc1. The number of hydrogen-bond donors (Lipinski definition) is 2. The van der Waals surface area contributed by atoms with E-state index in [1.54, 1.807) is 30.3 Å². The summed E-state index contributed by atoms with van der Waals surface area (Å²) in [5.41, 5.74) is 3.12. The minimum absolute atomic E-state index is 0.0349.